The van der Waals surface area contributed by atoms with Gasteiger partial charge in [-0.2, -0.15) is 0 Å². The van der Waals surface area contributed by atoms with E-state index in [9.17, 15) is 4.21 Å². The quantitative estimate of drug-likeness (QED) is 0.551. The number of hydrogen-bond acceptors (Lipinski definition) is 1. The molecular formula is C10H8OS. The molecule has 0 heterocycles. The molecule has 0 bridgehead atoms. The standard InChI is InChI=1S/C10H8OS/c1-7-6-10(12-11)9-5-3-2-4-8(7)9/h2-6H,1H3. The molecule has 1 aromatic rings. The number of rotatable bonds is 0. The first-order chi connectivity index (χ1) is 5.83. The molecular weight excluding hydrogens is 168 g/mol. The third-order valence-corrected chi connectivity index (χ3v) is 2.57. The monoisotopic (exact) mass is 176 g/mol. The van der Waals surface area contributed by atoms with E-state index in [1.54, 1.807) is 0 Å². The van der Waals surface area contributed by atoms with Gasteiger partial charge >= 0.3 is 0 Å². The fourth-order valence-electron chi connectivity index (χ4n) is 1.46. The van der Waals surface area contributed by atoms with Gasteiger partial charge in [-0.3, -0.25) is 0 Å². The summed E-state index contributed by atoms with van der Waals surface area (Å²) in [6.07, 6.45) is 1.95. The number of benzene rings is 1. The molecule has 1 aliphatic carbocycles. The predicted octanol–water partition coefficient (Wildman–Crippen LogP) is 1.84. The highest BCUT2D eigenvalue weighted by Gasteiger charge is 2.14. The molecule has 12 heavy (non-hydrogen) atoms. The lowest BCUT2D eigenvalue weighted by Crippen LogP contribution is -1.91. The van der Waals surface area contributed by atoms with Crippen LogP contribution in [0.5, 0.6) is 0 Å². The summed E-state index contributed by atoms with van der Waals surface area (Å²) in [5.74, 6) is 0. The topological polar surface area (TPSA) is 17.1 Å². The number of allylic oxidation sites excluding steroid dienone is 2. The van der Waals surface area contributed by atoms with E-state index >= 15 is 0 Å². The van der Waals surface area contributed by atoms with Gasteiger partial charge < -0.3 is 0 Å². The summed E-state index contributed by atoms with van der Waals surface area (Å²) in [4.78, 5) is 0.836. The average molecular weight is 176 g/mol. The molecule has 0 saturated heterocycles. The van der Waals surface area contributed by atoms with Crippen molar-refractivity contribution in [1.29, 1.82) is 0 Å². The third kappa shape index (κ3) is 0.959. The molecule has 1 aliphatic rings. The van der Waals surface area contributed by atoms with Gasteiger partial charge in [-0.1, -0.05) is 24.3 Å². The highest BCUT2D eigenvalue weighted by molar-refractivity contribution is 7.67. The maximum Gasteiger partial charge on any atom is 0.0971 e. The Morgan fingerprint density at radius 1 is 1.17 bits per heavy atom. The van der Waals surface area contributed by atoms with E-state index in [0.29, 0.717) is 11.3 Å². The second-order valence-corrected chi connectivity index (χ2v) is 3.43. The molecule has 0 saturated carbocycles. The van der Waals surface area contributed by atoms with E-state index in [-0.39, 0.29) is 0 Å². The molecule has 0 spiro atoms. The van der Waals surface area contributed by atoms with Crippen LogP contribution in [0.3, 0.4) is 0 Å². The Kier molecular flexibility index (Phi) is 1.70. The maximum atomic E-state index is 10.7. The first kappa shape index (κ1) is 7.50. The van der Waals surface area contributed by atoms with Gasteiger partial charge in [0.2, 0.25) is 0 Å². The van der Waals surface area contributed by atoms with Gasteiger partial charge in [0.25, 0.3) is 0 Å². The fraction of sp³-hybridized carbons (Fsp3) is 0.100. The Labute approximate surface area is 74.8 Å². The van der Waals surface area contributed by atoms with Gasteiger partial charge in [0, 0.05) is 5.56 Å². The Hall–Kier alpha value is -1.15. The van der Waals surface area contributed by atoms with Crippen LogP contribution in [-0.4, -0.2) is 9.07 Å². The van der Waals surface area contributed by atoms with E-state index in [2.05, 4.69) is 0 Å². The molecule has 2 heteroatoms. The molecule has 1 aromatic carbocycles. The molecule has 0 atom stereocenters. The van der Waals surface area contributed by atoms with E-state index in [0.717, 1.165) is 10.4 Å². The van der Waals surface area contributed by atoms with E-state index in [1.165, 1.54) is 11.1 Å². The smallest absolute Gasteiger partial charge is 0.0971 e. The molecule has 0 N–H and O–H groups in total. The van der Waals surface area contributed by atoms with Crippen LogP contribution in [-0.2, 0) is 11.3 Å². The molecule has 0 aromatic heterocycles. The minimum atomic E-state index is 0.569. The Bertz CT molecular complexity index is 412. The highest BCUT2D eigenvalue weighted by atomic mass is 32.1. The van der Waals surface area contributed by atoms with Crippen LogP contribution in [0.2, 0.25) is 0 Å². The van der Waals surface area contributed by atoms with Gasteiger partial charge in [0.1, 0.15) is 0 Å². The average Bonchev–Trinajstić information content (AvgIpc) is 2.44. The van der Waals surface area contributed by atoms with Crippen molar-refractivity contribution in [3.63, 3.8) is 0 Å². The van der Waals surface area contributed by atoms with Crippen molar-refractivity contribution >= 4 is 21.7 Å². The van der Waals surface area contributed by atoms with E-state index in [1.807, 2.05) is 37.3 Å². The zero-order chi connectivity index (χ0) is 8.55. The summed E-state index contributed by atoms with van der Waals surface area (Å²) in [6.45, 7) is 2.03. The van der Waals surface area contributed by atoms with Crippen LogP contribution in [0.25, 0.3) is 5.57 Å². The summed E-state index contributed by atoms with van der Waals surface area (Å²) in [5, 5.41) is 0. The summed E-state index contributed by atoms with van der Waals surface area (Å²) in [6, 6.07) is 7.99. The fourth-order valence-corrected chi connectivity index (χ4v) is 1.96. The maximum absolute atomic E-state index is 10.7. The van der Waals surface area contributed by atoms with Crippen molar-refractivity contribution in [3.05, 3.63) is 41.5 Å². The summed E-state index contributed by atoms with van der Waals surface area (Å²) in [7, 11) is 0. The molecule has 0 amide bonds. The Morgan fingerprint density at radius 2 is 1.83 bits per heavy atom. The zero-order valence-corrected chi connectivity index (χ0v) is 7.52. The first-order valence-electron chi connectivity index (χ1n) is 3.78. The molecule has 1 nitrogen and oxygen atoms in total. The molecule has 0 aliphatic heterocycles. The molecule has 2 rings (SSSR count). The lowest BCUT2D eigenvalue weighted by atomic mass is 10.1. The number of hydrogen-bond donors (Lipinski definition) is 0. The molecule has 60 valence electrons. The van der Waals surface area contributed by atoms with Gasteiger partial charge in [0.15, 0.2) is 0 Å². The van der Waals surface area contributed by atoms with Crippen molar-refractivity contribution in [2.24, 2.45) is 0 Å². The minimum absolute atomic E-state index is 0.569. The summed E-state index contributed by atoms with van der Waals surface area (Å²) < 4.78 is 10.7. The van der Waals surface area contributed by atoms with Crippen molar-refractivity contribution in [3.8, 4) is 0 Å². The van der Waals surface area contributed by atoms with E-state index in [4.69, 9.17) is 0 Å². The lowest BCUT2D eigenvalue weighted by Gasteiger charge is -1.97. The van der Waals surface area contributed by atoms with Crippen LogP contribution in [0, 0.1) is 0 Å². The Morgan fingerprint density at radius 3 is 2.50 bits per heavy atom. The second-order valence-electron chi connectivity index (χ2n) is 2.82. The van der Waals surface area contributed by atoms with Gasteiger partial charge in [-0.05, 0) is 24.1 Å². The van der Waals surface area contributed by atoms with Crippen molar-refractivity contribution in [2.75, 3.05) is 0 Å². The largest absolute Gasteiger partial charge is 0.212 e. The lowest BCUT2D eigenvalue weighted by molar-refractivity contribution is 0.701. The van der Waals surface area contributed by atoms with Gasteiger partial charge in [-0.25, -0.2) is 4.21 Å². The number of fused-ring (bicyclic) bond motifs is 1. The van der Waals surface area contributed by atoms with Crippen LogP contribution in [0.4, 0.5) is 0 Å². The minimum Gasteiger partial charge on any atom is -0.212 e. The van der Waals surface area contributed by atoms with Gasteiger partial charge in [0.05, 0.1) is 16.1 Å². The zero-order valence-electron chi connectivity index (χ0n) is 6.70. The summed E-state index contributed by atoms with van der Waals surface area (Å²) in [5.41, 5.74) is 3.45. The highest BCUT2D eigenvalue weighted by Crippen LogP contribution is 2.25. The van der Waals surface area contributed by atoms with Crippen molar-refractivity contribution in [1.82, 2.24) is 0 Å². The third-order valence-electron chi connectivity index (χ3n) is 2.05. The molecule has 0 radical (unpaired) electrons. The van der Waals surface area contributed by atoms with Crippen molar-refractivity contribution in [2.45, 2.75) is 6.92 Å². The van der Waals surface area contributed by atoms with Crippen LogP contribution < -0.4 is 0 Å². The van der Waals surface area contributed by atoms with Gasteiger partial charge in [-0.15, -0.1) is 0 Å². The first-order valence-corrected chi connectivity index (χ1v) is 4.52. The van der Waals surface area contributed by atoms with Crippen molar-refractivity contribution < 1.29 is 4.21 Å². The second kappa shape index (κ2) is 2.72. The summed E-state index contributed by atoms with van der Waals surface area (Å²) >= 11 is 0.569. The molecule has 0 fully saturated rings. The molecule has 0 unspecified atom stereocenters. The normalized spacial score (nSPS) is 14.1. The van der Waals surface area contributed by atoms with Crippen LogP contribution in [0.15, 0.2) is 30.3 Å². The Balaban J connectivity index is 2.76. The predicted molar refractivity (Wildman–Crippen MR) is 52.3 cm³/mol. The SMILES string of the molecule is CC1=CC(=S=O)c2ccccc21. The van der Waals surface area contributed by atoms with Crippen LogP contribution in [0.1, 0.15) is 18.1 Å². The van der Waals surface area contributed by atoms with Crippen LogP contribution >= 0.6 is 0 Å². The van der Waals surface area contributed by atoms with E-state index < -0.39 is 0 Å².